The molecule has 2 nitrogen and oxygen atoms in total. The minimum atomic E-state index is -0.395. The summed E-state index contributed by atoms with van der Waals surface area (Å²) in [6, 6.07) is 2.95. The Balaban J connectivity index is 2.96. The maximum absolute atomic E-state index is 13.3. The Labute approximate surface area is 84.7 Å². The Morgan fingerprint density at radius 3 is 2.77 bits per heavy atom. The minimum absolute atomic E-state index is 0.00542. The molecule has 3 N–H and O–H groups in total. The van der Waals surface area contributed by atoms with Crippen LogP contribution in [0.15, 0.2) is 16.6 Å². The van der Waals surface area contributed by atoms with Crippen LogP contribution in [0.1, 0.15) is 12.0 Å². The van der Waals surface area contributed by atoms with Gasteiger partial charge in [-0.2, -0.15) is 0 Å². The number of hydrogen-bond donors (Lipinski definition) is 2. The van der Waals surface area contributed by atoms with Crippen molar-refractivity contribution in [3.63, 3.8) is 0 Å². The lowest BCUT2D eigenvalue weighted by Crippen LogP contribution is -2.02. The molecule has 0 unspecified atom stereocenters. The van der Waals surface area contributed by atoms with Gasteiger partial charge in [-0.1, -0.05) is 0 Å². The van der Waals surface area contributed by atoms with Crippen molar-refractivity contribution in [2.75, 3.05) is 6.54 Å². The summed E-state index contributed by atoms with van der Waals surface area (Å²) in [6.45, 7) is 0.491. The average molecular weight is 248 g/mol. The summed E-state index contributed by atoms with van der Waals surface area (Å²) in [5, 5.41) is 9.34. The fourth-order valence-corrected chi connectivity index (χ4v) is 1.47. The molecule has 0 aromatic heterocycles. The number of nitrogens with two attached hydrogens (primary N) is 1. The third-order valence-corrected chi connectivity index (χ3v) is 2.41. The zero-order chi connectivity index (χ0) is 9.84. The number of benzene rings is 1. The quantitative estimate of drug-likeness (QED) is 0.861. The molecule has 0 spiro atoms. The van der Waals surface area contributed by atoms with Crippen LogP contribution < -0.4 is 5.73 Å². The Hall–Kier alpha value is -0.610. The van der Waals surface area contributed by atoms with Crippen molar-refractivity contribution in [3.8, 4) is 5.75 Å². The van der Waals surface area contributed by atoms with E-state index in [1.54, 1.807) is 0 Å². The first-order chi connectivity index (χ1) is 6.16. The summed E-state index contributed by atoms with van der Waals surface area (Å²) in [6.07, 6.45) is 1.13. The molecule has 1 aromatic rings. The summed E-state index contributed by atoms with van der Waals surface area (Å²) >= 11 is 3.05. The van der Waals surface area contributed by atoms with Crippen LogP contribution in [0.2, 0.25) is 0 Å². The van der Waals surface area contributed by atoms with Gasteiger partial charge in [0, 0.05) is 5.56 Å². The van der Waals surface area contributed by atoms with Gasteiger partial charge in [-0.05, 0) is 47.4 Å². The predicted molar refractivity (Wildman–Crippen MR) is 53.1 cm³/mol. The standard InChI is InChI=1S/C9H11BrFNO/c10-7-3-4-8(13)6(9(7)11)2-1-5-12/h3-4,13H,1-2,5,12H2. The second kappa shape index (κ2) is 4.58. The van der Waals surface area contributed by atoms with Crippen LogP contribution in [-0.2, 0) is 6.42 Å². The molecule has 0 atom stereocenters. The fraction of sp³-hybridized carbons (Fsp3) is 0.333. The Kier molecular flexibility index (Phi) is 3.69. The number of hydrogen-bond acceptors (Lipinski definition) is 2. The highest BCUT2D eigenvalue weighted by molar-refractivity contribution is 9.10. The van der Waals surface area contributed by atoms with Gasteiger partial charge >= 0.3 is 0 Å². The lowest BCUT2D eigenvalue weighted by Gasteiger charge is -2.06. The lowest BCUT2D eigenvalue weighted by molar-refractivity contribution is 0.456. The highest BCUT2D eigenvalue weighted by Gasteiger charge is 2.10. The van der Waals surface area contributed by atoms with E-state index in [0.29, 0.717) is 29.4 Å². The van der Waals surface area contributed by atoms with Crippen LogP contribution >= 0.6 is 15.9 Å². The molecule has 4 heteroatoms. The largest absolute Gasteiger partial charge is 0.508 e. The number of phenolic OH excluding ortho intramolecular Hbond substituents is 1. The second-order valence-electron chi connectivity index (χ2n) is 2.75. The van der Waals surface area contributed by atoms with Gasteiger partial charge in [0.05, 0.1) is 4.47 Å². The van der Waals surface area contributed by atoms with Crippen LogP contribution in [-0.4, -0.2) is 11.7 Å². The summed E-state index contributed by atoms with van der Waals surface area (Å²) in [7, 11) is 0. The molecule has 1 rings (SSSR count). The van der Waals surface area contributed by atoms with E-state index in [1.807, 2.05) is 0 Å². The molecule has 13 heavy (non-hydrogen) atoms. The average Bonchev–Trinajstić information content (AvgIpc) is 2.12. The molecule has 0 radical (unpaired) electrons. The highest BCUT2D eigenvalue weighted by Crippen LogP contribution is 2.27. The first-order valence-electron chi connectivity index (χ1n) is 4.02. The number of halogens is 2. The van der Waals surface area contributed by atoms with Crippen molar-refractivity contribution in [1.82, 2.24) is 0 Å². The van der Waals surface area contributed by atoms with E-state index in [1.165, 1.54) is 12.1 Å². The topological polar surface area (TPSA) is 46.2 Å². The molecule has 72 valence electrons. The molecule has 1 aromatic carbocycles. The van der Waals surface area contributed by atoms with E-state index in [4.69, 9.17) is 5.73 Å². The van der Waals surface area contributed by atoms with Gasteiger partial charge in [0.15, 0.2) is 0 Å². The Bertz CT molecular complexity index is 304. The zero-order valence-electron chi connectivity index (χ0n) is 7.06. The molecular weight excluding hydrogens is 237 g/mol. The Morgan fingerprint density at radius 2 is 2.15 bits per heavy atom. The van der Waals surface area contributed by atoms with Crippen molar-refractivity contribution in [1.29, 1.82) is 0 Å². The second-order valence-corrected chi connectivity index (χ2v) is 3.61. The van der Waals surface area contributed by atoms with Gasteiger partial charge in [0.25, 0.3) is 0 Å². The Morgan fingerprint density at radius 1 is 1.46 bits per heavy atom. The minimum Gasteiger partial charge on any atom is -0.508 e. The summed E-state index contributed by atoms with van der Waals surface area (Å²) in [4.78, 5) is 0. The maximum Gasteiger partial charge on any atom is 0.144 e. The normalized spacial score (nSPS) is 10.4. The molecule has 0 amide bonds. The van der Waals surface area contributed by atoms with E-state index < -0.39 is 5.82 Å². The molecule has 0 saturated carbocycles. The fourth-order valence-electron chi connectivity index (χ4n) is 1.10. The smallest absolute Gasteiger partial charge is 0.144 e. The zero-order valence-corrected chi connectivity index (χ0v) is 8.64. The van der Waals surface area contributed by atoms with Crippen molar-refractivity contribution < 1.29 is 9.50 Å². The van der Waals surface area contributed by atoms with E-state index in [0.717, 1.165) is 0 Å². The van der Waals surface area contributed by atoms with Crippen LogP contribution in [0.3, 0.4) is 0 Å². The van der Waals surface area contributed by atoms with Crippen LogP contribution in [0, 0.1) is 5.82 Å². The SMILES string of the molecule is NCCCc1c(O)ccc(Br)c1F. The van der Waals surface area contributed by atoms with Crippen LogP contribution in [0.5, 0.6) is 5.75 Å². The molecule has 0 aliphatic heterocycles. The first kappa shape index (κ1) is 10.5. The summed E-state index contributed by atoms with van der Waals surface area (Å²) in [5.41, 5.74) is 5.63. The van der Waals surface area contributed by atoms with Crippen LogP contribution in [0.25, 0.3) is 0 Å². The number of rotatable bonds is 3. The number of phenols is 1. The van der Waals surface area contributed by atoms with Gasteiger partial charge in [-0.25, -0.2) is 4.39 Å². The summed E-state index contributed by atoms with van der Waals surface area (Å²) < 4.78 is 13.7. The lowest BCUT2D eigenvalue weighted by atomic mass is 10.1. The van der Waals surface area contributed by atoms with Gasteiger partial charge in [0.2, 0.25) is 0 Å². The highest BCUT2D eigenvalue weighted by atomic mass is 79.9. The monoisotopic (exact) mass is 247 g/mol. The molecule has 0 saturated heterocycles. The molecule has 0 aliphatic carbocycles. The van der Waals surface area contributed by atoms with Gasteiger partial charge in [-0.3, -0.25) is 0 Å². The van der Waals surface area contributed by atoms with Gasteiger partial charge in [0.1, 0.15) is 11.6 Å². The van der Waals surface area contributed by atoms with Crippen molar-refractivity contribution in [2.24, 2.45) is 5.73 Å². The van der Waals surface area contributed by atoms with E-state index >= 15 is 0 Å². The van der Waals surface area contributed by atoms with E-state index in [2.05, 4.69) is 15.9 Å². The van der Waals surface area contributed by atoms with Crippen LogP contribution in [0.4, 0.5) is 4.39 Å². The first-order valence-corrected chi connectivity index (χ1v) is 4.82. The molecule has 0 heterocycles. The predicted octanol–water partition coefficient (Wildman–Crippen LogP) is 2.19. The molecule has 0 bridgehead atoms. The van der Waals surface area contributed by atoms with Crippen molar-refractivity contribution in [2.45, 2.75) is 12.8 Å². The van der Waals surface area contributed by atoms with Gasteiger partial charge in [-0.15, -0.1) is 0 Å². The molecular formula is C9H11BrFNO. The third kappa shape index (κ3) is 2.42. The van der Waals surface area contributed by atoms with E-state index in [-0.39, 0.29) is 5.75 Å². The van der Waals surface area contributed by atoms with E-state index in [9.17, 15) is 9.50 Å². The van der Waals surface area contributed by atoms with Crippen molar-refractivity contribution in [3.05, 3.63) is 28.0 Å². The van der Waals surface area contributed by atoms with Crippen molar-refractivity contribution >= 4 is 15.9 Å². The maximum atomic E-state index is 13.3. The van der Waals surface area contributed by atoms with Gasteiger partial charge < -0.3 is 10.8 Å². The summed E-state index contributed by atoms with van der Waals surface area (Å²) in [5.74, 6) is -0.400. The molecule has 0 fully saturated rings. The molecule has 0 aliphatic rings. The third-order valence-electron chi connectivity index (χ3n) is 1.80. The number of aromatic hydroxyl groups is 1.